The Labute approximate surface area is 127 Å². The van der Waals surface area contributed by atoms with Crippen LogP contribution in [-0.2, 0) is 9.53 Å². The highest BCUT2D eigenvalue weighted by molar-refractivity contribution is 7.99. The molecule has 1 aliphatic rings. The Balaban J connectivity index is 2.15. The fourth-order valence-corrected chi connectivity index (χ4v) is 3.57. The summed E-state index contributed by atoms with van der Waals surface area (Å²) in [5.74, 6) is 0.400. The van der Waals surface area contributed by atoms with Gasteiger partial charge in [0.25, 0.3) is 0 Å². The second kappa shape index (κ2) is 9.64. The number of unbranched alkanes of at least 4 members (excludes halogenated alkanes) is 1. The molecule has 0 bridgehead atoms. The first-order valence-electron chi connectivity index (χ1n) is 7.76. The van der Waals surface area contributed by atoms with Crippen molar-refractivity contribution in [1.82, 2.24) is 5.32 Å². The molecule has 0 spiro atoms. The first kappa shape index (κ1) is 17.8. The van der Waals surface area contributed by atoms with Gasteiger partial charge in [-0.2, -0.15) is 11.8 Å². The highest BCUT2D eigenvalue weighted by atomic mass is 32.2. The Bertz CT molecular complexity index is 282. The number of aliphatic carboxylic acids is 1. The van der Waals surface area contributed by atoms with Gasteiger partial charge >= 0.3 is 5.97 Å². The molecule has 1 rings (SSSR count). The van der Waals surface area contributed by atoms with Gasteiger partial charge in [0.15, 0.2) is 0 Å². The molecular weight excluding hydrogens is 274 g/mol. The Hall–Kier alpha value is -0.260. The summed E-state index contributed by atoms with van der Waals surface area (Å²) in [7, 11) is 0. The maximum Gasteiger partial charge on any atom is 0.323 e. The molecule has 1 atom stereocenters. The van der Waals surface area contributed by atoms with Gasteiger partial charge in [0.2, 0.25) is 0 Å². The van der Waals surface area contributed by atoms with E-state index in [1.54, 1.807) is 6.92 Å². The molecule has 118 valence electrons. The number of carbonyl (C=O) groups is 1. The summed E-state index contributed by atoms with van der Waals surface area (Å²) in [6.45, 7) is 6.42. The Morgan fingerprint density at radius 3 is 2.70 bits per heavy atom. The monoisotopic (exact) mass is 303 g/mol. The summed E-state index contributed by atoms with van der Waals surface area (Å²) in [4.78, 5) is 11.4. The van der Waals surface area contributed by atoms with E-state index in [2.05, 4.69) is 12.2 Å². The molecule has 4 nitrogen and oxygen atoms in total. The van der Waals surface area contributed by atoms with Gasteiger partial charge < -0.3 is 15.2 Å². The topological polar surface area (TPSA) is 58.6 Å². The SMILES string of the molecule is CCCNC(C)(CCCCSC1CCOCC1)C(=O)O. The molecule has 0 aromatic heterocycles. The number of hydrogen-bond acceptors (Lipinski definition) is 4. The zero-order valence-electron chi connectivity index (χ0n) is 12.8. The third-order valence-electron chi connectivity index (χ3n) is 3.83. The van der Waals surface area contributed by atoms with Gasteiger partial charge in [-0.25, -0.2) is 0 Å². The smallest absolute Gasteiger partial charge is 0.323 e. The summed E-state index contributed by atoms with van der Waals surface area (Å²) >= 11 is 2.03. The quantitative estimate of drug-likeness (QED) is 0.608. The van der Waals surface area contributed by atoms with Crippen LogP contribution in [0, 0.1) is 0 Å². The maximum absolute atomic E-state index is 11.4. The van der Waals surface area contributed by atoms with Crippen molar-refractivity contribution in [2.75, 3.05) is 25.5 Å². The van der Waals surface area contributed by atoms with Gasteiger partial charge in [0, 0.05) is 18.5 Å². The van der Waals surface area contributed by atoms with E-state index >= 15 is 0 Å². The van der Waals surface area contributed by atoms with E-state index in [0.717, 1.165) is 62.9 Å². The lowest BCUT2D eigenvalue weighted by Gasteiger charge is -2.26. The summed E-state index contributed by atoms with van der Waals surface area (Å²) in [5, 5.41) is 13.2. The van der Waals surface area contributed by atoms with Gasteiger partial charge in [-0.3, -0.25) is 4.79 Å². The van der Waals surface area contributed by atoms with Crippen molar-refractivity contribution in [3.63, 3.8) is 0 Å². The summed E-state index contributed by atoms with van der Waals surface area (Å²) in [5.41, 5.74) is -0.765. The highest BCUT2D eigenvalue weighted by Crippen LogP contribution is 2.24. The molecule has 2 N–H and O–H groups in total. The third kappa shape index (κ3) is 6.46. The lowest BCUT2D eigenvalue weighted by atomic mass is 9.95. The maximum atomic E-state index is 11.4. The molecule has 1 heterocycles. The Morgan fingerprint density at radius 2 is 2.10 bits per heavy atom. The molecule has 1 fully saturated rings. The number of ether oxygens (including phenoxy) is 1. The van der Waals surface area contributed by atoms with E-state index < -0.39 is 11.5 Å². The van der Waals surface area contributed by atoms with Crippen molar-refractivity contribution in [1.29, 1.82) is 0 Å². The first-order chi connectivity index (χ1) is 9.58. The molecule has 0 aromatic carbocycles. The van der Waals surface area contributed by atoms with Crippen LogP contribution in [-0.4, -0.2) is 47.4 Å². The van der Waals surface area contributed by atoms with Crippen molar-refractivity contribution in [2.45, 2.75) is 63.2 Å². The van der Waals surface area contributed by atoms with Crippen LogP contribution in [0.3, 0.4) is 0 Å². The van der Waals surface area contributed by atoms with Crippen LogP contribution in [0.1, 0.15) is 52.4 Å². The number of carboxylic acid groups (broad SMARTS) is 1. The predicted molar refractivity (Wildman–Crippen MR) is 84.5 cm³/mol. The van der Waals surface area contributed by atoms with E-state index in [4.69, 9.17) is 4.74 Å². The molecule has 5 heteroatoms. The number of rotatable bonds is 10. The lowest BCUT2D eigenvalue weighted by molar-refractivity contribution is -0.144. The van der Waals surface area contributed by atoms with E-state index in [-0.39, 0.29) is 0 Å². The van der Waals surface area contributed by atoms with Crippen LogP contribution in [0.25, 0.3) is 0 Å². The molecule has 1 aliphatic heterocycles. The van der Waals surface area contributed by atoms with E-state index in [0.29, 0.717) is 6.42 Å². The summed E-state index contributed by atoms with van der Waals surface area (Å²) < 4.78 is 5.35. The molecule has 0 radical (unpaired) electrons. The summed E-state index contributed by atoms with van der Waals surface area (Å²) in [6, 6.07) is 0. The largest absolute Gasteiger partial charge is 0.480 e. The van der Waals surface area contributed by atoms with Crippen LogP contribution >= 0.6 is 11.8 Å². The summed E-state index contributed by atoms with van der Waals surface area (Å²) in [6.07, 6.45) is 6.05. The van der Waals surface area contributed by atoms with E-state index in [1.807, 2.05) is 11.8 Å². The van der Waals surface area contributed by atoms with Crippen LogP contribution in [0.15, 0.2) is 0 Å². The van der Waals surface area contributed by atoms with Crippen molar-refractivity contribution >= 4 is 17.7 Å². The minimum absolute atomic E-state index is 0.705. The molecule has 0 aliphatic carbocycles. The number of hydrogen-bond donors (Lipinski definition) is 2. The van der Waals surface area contributed by atoms with Gasteiger partial charge in [0.1, 0.15) is 5.54 Å². The average molecular weight is 303 g/mol. The van der Waals surface area contributed by atoms with E-state index in [9.17, 15) is 9.90 Å². The predicted octanol–water partition coefficient (Wildman–Crippen LogP) is 2.91. The minimum Gasteiger partial charge on any atom is -0.480 e. The molecule has 1 unspecified atom stereocenters. The molecule has 20 heavy (non-hydrogen) atoms. The molecule has 0 amide bonds. The molecule has 1 saturated heterocycles. The zero-order chi connectivity index (χ0) is 14.8. The molecule has 0 saturated carbocycles. The van der Waals surface area contributed by atoms with Crippen molar-refractivity contribution in [2.24, 2.45) is 0 Å². The molecule has 0 aromatic rings. The molecular formula is C15H29NO3S. The van der Waals surface area contributed by atoms with Crippen LogP contribution in [0.2, 0.25) is 0 Å². The van der Waals surface area contributed by atoms with Crippen molar-refractivity contribution < 1.29 is 14.6 Å². The lowest BCUT2D eigenvalue weighted by Crippen LogP contribution is -2.49. The van der Waals surface area contributed by atoms with Gasteiger partial charge in [-0.1, -0.05) is 13.3 Å². The fourth-order valence-electron chi connectivity index (χ4n) is 2.35. The number of carboxylic acids is 1. The van der Waals surface area contributed by atoms with Crippen LogP contribution < -0.4 is 5.32 Å². The zero-order valence-corrected chi connectivity index (χ0v) is 13.6. The van der Waals surface area contributed by atoms with Crippen LogP contribution in [0.4, 0.5) is 0 Å². The first-order valence-corrected chi connectivity index (χ1v) is 8.81. The second-order valence-corrected chi connectivity index (χ2v) is 7.11. The van der Waals surface area contributed by atoms with Crippen molar-refractivity contribution in [3.8, 4) is 0 Å². The fraction of sp³-hybridized carbons (Fsp3) is 0.933. The van der Waals surface area contributed by atoms with Gasteiger partial charge in [-0.05, 0) is 51.3 Å². The highest BCUT2D eigenvalue weighted by Gasteiger charge is 2.31. The minimum atomic E-state index is -0.765. The van der Waals surface area contributed by atoms with Crippen molar-refractivity contribution in [3.05, 3.63) is 0 Å². The normalized spacial score (nSPS) is 19.7. The second-order valence-electron chi connectivity index (χ2n) is 5.70. The van der Waals surface area contributed by atoms with E-state index in [1.165, 1.54) is 0 Å². The van der Waals surface area contributed by atoms with Crippen LogP contribution in [0.5, 0.6) is 0 Å². The standard InChI is InChI=1S/C15H29NO3S/c1-3-9-16-15(2,14(17)18)8-4-5-12-20-13-6-10-19-11-7-13/h13,16H,3-12H2,1-2H3,(H,17,18). The van der Waals surface area contributed by atoms with Gasteiger partial charge in [0.05, 0.1) is 0 Å². The van der Waals surface area contributed by atoms with Gasteiger partial charge in [-0.15, -0.1) is 0 Å². The Kier molecular flexibility index (Phi) is 8.57. The third-order valence-corrected chi connectivity index (χ3v) is 5.30. The average Bonchev–Trinajstić information content (AvgIpc) is 2.45. The number of thioether (sulfide) groups is 1. The Morgan fingerprint density at radius 1 is 1.40 bits per heavy atom. The number of nitrogens with one attached hydrogen (secondary N) is 1.